The second-order valence-corrected chi connectivity index (χ2v) is 5.28. The molecule has 0 aliphatic rings. The summed E-state index contributed by atoms with van der Waals surface area (Å²) in [6.07, 6.45) is 2.39. The normalized spacial score (nSPS) is 10.3. The molecular formula is C15H14BrFN2O. The first kappa shape index (κ1) is 14.7. The quantitative estimate of drug-likeness (QED) is 0.858. The number of hydrogen-bond acceptors (Lipinski definition) is 2. The Kier molecular flexibility index (Phi) is 4.84. The van der Waals surface area contributed by atoms with Crippen LogP contribution in [0.4, 0.5) is 4.39 Å². The van der Waals surface area contributed by atoms with E-state index < -0.39 is 5.82 Å². The van der Waals surface area contributed by atoms with E-state index in [1.165, 1.54) is 12.1 Å². The van der Waals surface area contributed by atoms with Crippen molar-refractivity contribution >= 4 is 21.8 Å². The van der Waals surface area contributed by atoms with E-state index >= 15 is 0 Å². The number of carbonyl (C=O) groups excluding carboxylic acids is 1. The molecule has 3 nitrogen and oxygen atoms in total. The molecule has 20 heavy (non-hydrogen) atoms. The lowest BCUT2D eigenvalue weighted by molar-refractivity contribution is 0.0796. The average Bonchev–Trinajstić information content (AvgIpc) is 2.48. The molecule has 2 aromatic rings. The zero-order chi connectivity index (χ0) is 14.5. The van der Waals surface area contributed by atoms with Crippen LogP contribution in [-0.2, 0) is 6.42 Å². The summed E-state index contributed by atoms with van der Waals surface area (Å²) in [4.78, 5) is 17.9. The number of rotatable bonds is 4. The fourth-order valence-corrected chi connectivity index (χ4v) is 2.03. The average molecular weight is 337 g/mol. The van der Waals surface area contributed by atoms with Gasteiger partial charge in [-0.15, -0.1) is 0 Å². The van der Waals surface area contributed by atoms with Crippen molar-refractivity contribution in [3.8, 4) is 0 Å². The van der Waals surface area contributed by atoms with E-state index in [2.05, 4.69) is 20.9 Å². The van der Waals surface area contributed by atoms with Crippen LogP contribution in [0.15, 0.2) is 47.1 Å². The monoisotopic (exact) mass is 336 g/mol. The highest BCUT2D eigenvalue weighted by molar-refractivity contribution is 9.10. The minimum absolute atomic E-state index is 0.202. The second kappa shape index (κ2) is 6.61. The Morgan fingerprint density at radius 2 is 2.15 bits per heavy atom. The third kappa shape index (κ3) is 3.63. The summed E-state index contributed by atoms with van der Waals surface area (Å²) in [5.41, 5.74) is 1.27. The van der Waals surface area contributed by atoms with Crippen molar-refractivity contribution in [2.75, 3.05) is 13.6 Å². The summed E-state index contributed by atoms with van der Waals surface area (Å²) >= 11 is 3.07. The van der Waals surface area contributed by atoms with Crippen LogP contribution in [0.2, 0.25) is 0 Å². The van der Waals surface area contributed by atoms with Crippen LogP contribution < -0.4 is 0 Å². The molecule has 5 heteroatoms. The van der Waals surface area contributed by atoms with Gasteiger partial charge in [0.1, 0.15) is 5.82 Å². The molecule has 0 saturated heterocycles. The first-order valence-corrected chi connectivity index (χ1v) is 6.97. The molecule has 0 radical (unpaired) electrons. The zero-order valence-corrected chi connectivity index (χ0v) is 12.6. The molecule has 2 rings (SSSR count). The highest BCUT2D eigenvalue weighted by atomic mass is 79.9. The molecule has 1 aromatic carbocycles. The van der Waals surface area contributed by atoms with Gasteiger partial charge in [0.15, 0.2) is 0 Å². The Morgan fingerprint density at radius 1 is 1.35 bits per heavy atom. The molecule has 0 aliphatic heterocycles. The SMILES string of the molecule is CN(CCc1ccccn1)C(=O)c1ccc(Br)c(F)c1. The largest absolute Gasteiger partial charge is 0.341 e. The zero-order valence-electron chi connectivity index (χ0n) is 11.0. The van der Waals surface area contributed by atoms with Gasteiger partial charge in [-0.2, -0.15) is 0 Å². The van der Waals surface area contributed by atoms with E-state index in [4.69, 9.17) is 0 Å². The molecule has 1 aromatic heterocycles. The van der Waals surface area contributed by atoms with Crippen LogP contribution in [0.1, 0.15) is 16.1 Å². The smallest absolute Gasteiger partial charge is 0.253 e. The number of carbonyl (C=O) groups is 1. The maximum absolute atomic E-state index is 13.4. The number of aromatic nitrogens is 1. The third-order valence-corrected chi connectivity index (χ3v) is 3.59. The van der Waals surface area contributed by atoms with Crippen LogP contribution in [0.25, 0.3) is 0 Å². The van der Waals surface area contributed by atoms with Crippen LogP contribution >= 0.6 is 15.9 Å². The predicted molar refractivity (Wildman–Crippen MR) is 79.0 cm³/mol. The lowest BCUT2D eigenvalue weighted by Gasteiger charge is -2.17. The first-order valence-electron chi connectivity index (χ1n) is 6.18. The van der Waals surface area contributed by atoms with Crippen molar-refractivity contribution in [1.82, 2.24) is 9.88 Å². The molecule has 1 amide bonds. The summed E-state index contributed by atoms with van der Waals surface area (Å²) in [7, 11) is 1.70. The summed E-state index contributed by atoms with van der Waals surface area (Å²) in [5.74, 6) is -0.638. The van der Waals surface area contributed by atoms with Gasteiger partial charge in [-0.1, -0.05) is 6.07 Å². The van der Waals surface area contributed by atoms with Gasteiger partial charge in [-0.3, -0.25) is 9.78 Å². The molecule has 0 aliphatic carbocycles. The lowest BCUT2D eigenvalue weighted by atomic mass is 10.2. The van der Waals surface area contributed by atoms with Gasteiger partial charge in [0.05, 0.1) is 4.47 Å². The van der Waals surface area contributed by atoms with E-state index in [0.717, 1.165) is 5.69 Å². The fourth-order valence-electron chi connectivity index (χ4n) is 1.78. The van der Waals surface area contributed by atoms with Gasteiger partial charge < -0.3 is 4.90 Å². The summed E-state index contributed by atoms with van der Waals surface area (Å²) in [5, 5.41) is 0. The lowest BCUT2D eigenvalue weighted by Crippen LogP contribution is -2.29. The van der Waals surface area contributed by atoms with Crippen molar-refractivity contribution in [3.05, 3.63) is 64.1 Å². The minimum atomic E-state index is -0.436. The number of halogens is 2. The van der Waals surface area contributed by atoms with Crippen molar-refractivity contribution in [2.45, 2.75) is 6.42 Å². The second-order valence-electron chi connectivity index (χ2n) is 4.43. The van der Waals surface area contributed by atoms with Crippen LogP contribution in [0, 0.1) is 5.82 Å². The van der Waals surface area contributed by atoms with Gasteiger partial charge >= 0.3 is 0 Å². The highest BCUT2D eigenvalue weighted by Crippen LogP contribution is 2.17. The van der Waals surface area contributed by atoms with Crippen molar-refractivity contribution < 1.29 is 9.18 Å². The Bertz CT molecular complexity index is 604. The number of benzene rings is 1. The van der Waals surface area contributed by atoms with E-state index in [0.29, 0.717) is 23.0 Å². The molecule has 0 unspecified atom stereocenters. The van der Waals surface area contributed by atoms with Crippen molar-refractivity contribution in [3.63, 3.8) is 0 Å². The Labute approximate surface area is 125 Å². The molecule has 1 heterocycles. The molecule has 0 spiro atoms. The molecular weight excluding hydrogens is 323 g/mol. The molecule has 0 bridgehead atoms. The standard InChI is InChI=1S/C15H14BrFN2O/c1-19(9-7-12-4-2-3-8-18-12)15(20)11-5-6-13(16)14(17)10-11/h2-6,8,10H,7,9H2,1H3. The Balaban J connectivity index is 1.99. The molecule has 104 valence electrons. The first-order chi connectivity index (χ1) is 9.58. The molecule has 0 N–H and O–H groups in total. The van der Waals surface area contributed by atoms with E-state index in [1.54, 1.807) is 24.2 Å². The summed E-state index contributed by atoms with van der Waals surface area (Å²) in [6, 6.07) is 10.1. The van der Waals surface area contributed by atoms with Crippen LogP contribution in [0.5, 0.6) is 0 Å². The van der Waals surface area contributed by atoms with Crippen LogP contribution in [-0.4, -0.2) is 29.4 Å². The molecule has 0 saturated carbocycles. The Morgan fingerprint density at radius 3 is 2.80 bits per heavy atom. The molecule has 0 atom stereocenters. The molecule has 0 fully saturated rings. The predicted octanol–water partition coefficient (Wildman–Crippen LogP) is 3.30. The van der Waals surface area contributed by atoms with Gasteiger partial charge in [-0.25, -0.2) is 4.39 Å². The highest BCUT2D eigenvalue weighted by Gasteiger charge is 2.13. The van der Waals surface area contributed by atoms with Gasteiger partial charge in [0, 0.05) is 37.5 Å². The number of hydrogen-bond donors (Lipinski definition) is 0. The summed E-state index contributed by atoms with van der Waals surface area (Å²) in [6.45, 7) is 0.535. The van der Waals surface area contributed by atoms with E-state index in [9.17, 15) is 9.18 Å². The van der Waals surface area contributed by atoms with E-state index in [-0.39, 0.29) is 5.91 Å². The Hall–Kier alpha value is -1.75. The fraction of sp³-hybridized carbons (Fsp3) is 0.200. The van der Waals surface area contributed by atoms with Gasteiger partial charge in [-0.05, 0) is 46.3 Å². The number of likely N-dealkylation sites (N-methyl/N-ethyl adjacent to an activating group) is 1. The topological polar surface area (TPSA) is 33.2 Å². The minimum Gasteiger partial charge on any atom is -0.341 e. The maximum Gasteiger partial charge on any atom is 0.253 e. The maximum atomic E-state index is 13.4. The van der Waals surface area contributed by atoms with Crippen molar-refractivity contribution in [2.24, 2.45) is 0 Å². The summed E-state index contributed by atoms with van der Waals surface area (Å²) < 4.78 is 13.8. The van der Waals surface area contributed by atoms with Crippen LogP contribution in [0.3, 0.4) is 0 Å². The number of amides is 1. The number of nitrogens with zero attached hydrogens (tertiary/aromatic N) is 2. The van der Waals surface area contributed by atoms with Gasteiger partial charge in [0.2, 0.25) is 0 Å². The third-order valence-electron chi connectivity index (χ3n) is 2.94. The van der Waals surface area contributed by atoms with E-state index in [1.807, 2.05) is 18.2 Å². The number of pyridine rings is 1. The van der Waals surface area contributed by atoms with Gasteiger partial charge in [0.25, 0.3) is 5.91 Å². The van der Waals surface area contributed by atoms with Crippen molar-refractivity contribution in [1.29, 1.82) is 0 Å².